The number of hydrogen-bond donors (Lipinski definition) is 5. The van der Waals surface area contributed by atoms with E-state index in [9.17, 15) is 77.3 Å². The van der Waals surface area contributed by atoms with Gasteiger partial charge in [-0.3, -0.25) is 14.0 Å². The minimum atomic E-state index is -5.05. The summed E-state index contributed by atoms with van der Waals surface area (Å²) in [5, 5.41) is 36.2. The van der Waals surface area contributed by atoms with E-state index in [2.05, 4.69) is 25.7 Å². The highest BCUT2D eigenvalue weighted by atomic mass is 19.4. The fourth-order valence-electron chi connectivity index (χ4n) is 10.7. The van der Waals surface area contributed by atoms with E-state index in [1.807, 2.05) is 12.1 Å². The number of alkyl halides is 12. The number of likely N-dealkylation sites (tertiary alicyclic amines) is 1. The number of benzene rings is 5. The van der Waals surface area contributed by atoms with E-state index in [0.717, 1.165) is 5.56 Å². The van der Waals surface area contributed by atoms with Crippen LogP contribution in [0.4, 0.5) is 57.5 Å². The number of H-pyrrole nitrogens is 2. The molecule has 86 heavy (non-hydrogen) atoms. The lowest BCUT2D eigenvalue weighted by atomic mass is 9.74. The number of aliphatic hydroxyl groups excluding tert-OH is 2. The van der Waals surface area contributed by atoms with Crippen molar-refractivity contribution >= 4 is 6.09 Å². The number of aromatic amines is 2. The molecule has 5 N–H and O–H groups in total. The molecule has 28 heteroatoms. The third kappa shape index (κ3) is 14.0. The highest BCUT2D eigenvalue weighted by molar-refractivity contribution is 5.70. The molecule has 16 nitrogen and oxygen atoms in total. The van der Waals surface area contributed by atoms with Crippen molar-refractivity contribution in [3.8, 4) is 0 Å². The molecular weight excluding hydrogens is 1160 g/mol. The van der Waals surface area contributed by atoms with Gasteiger partial charge in [0.15, 0.2) is 0 Å². The minimum Gasteiger partial charge on any atom is -0.445 e. The number of piperidine rings is 2. The van der Waals surface area contributed by atoms with Gasteiger partial charge in [-0.1, -0.05) is 91.0 Å². The van der Waals surface area contributed by atoms with E-state index in [4.69, 9.17) is 14.2 Å². The number of halogens is 12. The van der Waals surface area contributed by atoms with Gasteiger partial charge in [-0.2, -0.15) is 62.9 Å². The lowest BCUT2D eigenvalue weighted by Crippen LogP contribution is -2.64. The van der Waals surface area contributed by atoms with Gasteiger partial charge in [0.2, 0.25) is 0 Å². The second kappa shape index (κ2) is 25.3. The Morgan fingerprint density at radius 2 is 0.988 bits per heavy atom. The number of carbonyl (C=O) groups is 1. The molecule has 1 amide bonds. The second-order valence-corrected chi connectivity index (χ2v) is 21.2. The molecule has 6 atom stereocenters. The summed E-state index contributed by atoms with van der Waals surface area (Å²) in [5.41, 5.74) is -10.2. The maximum atomic E-state index is 14.0. The number of ether oxygens (including phenoxy) is 3. The first-order chi connectivity index (χ1) is 40.5. The van der Waals surface area contributed by atoms with Gasteiger partial charge in [0.05, 0.1) is 89.6 Å². The largest absolute Gasteiger partial charge is 0.445 e. The second-order valence-electron chi connectivity index (χ2n) is 21.2. The highest BCUT2D eigenvalue weighted by Gasteiger charge is 2.54. The van der Waals surface area contributed by atoms with E-state index in [0.29, 0.717) is 48.2 Å². The van der Waals surface area contributed by atoms with Crippen LogP contribution in [0.2, 0.25) is 0 Å². The van der Waals surface area contributed by atoms with Crippen LogP contribution in [0.15, 0.2) is 150 Å². The van der Waals surface area contributed by atoms with E-state index in [1.165, 1.54) is 40.5 Å². The number of amides is 1. The summed E-state index contributed by atoms with van der Waals surface area (Å²) in [6.07, 6.45) is -20.0. The molecule has 4 heterocycles. The first-order valence-corrected chi connectivity index (χ1v) is 26.6. The van der Waals surface area contributed by atoms with Crippen molar-refractivity contribution in [2.45, 2.75) is 105 Å². The maximum absolute atomic E-state index is 14.0. The highest BCUT2D eigenvalue weighted by Crippen LogP contribution is 2.47. The van der Waals surface area contributed by atoms with Crippen LogP contribution in [0.3, 0.4) is 0 Å². The standard InChI is InChI=1S/C33H32F6N4O5.C25H26F6N4O3/c1-22(24-14-26(32(34,35)36)16-27(15-24)33(37,38)39)48-20-31(25-10-6-3-7-11-25)13-12-30(19-44,43-21-40-41-28(43)45)18-42(31)29(46)47-17-23-8-4-2-5-9-23;1-16(17-9-19(24(26,27)28)11-20(10-17)25(29,30)31)38-14-23(18-5-3-2-4-6-18)8-7-22(13-36,12-32-23)35-15-33-34-21(35)37/h2-11,14-16,21-22,44H,12-13,17-20H2,1H3,(H,41,45);2-6,9-11,15-16,32,36H,7-8,12-14H2,1H3,(H,34,37)/t22-,30+,31-;16-,22+,23-/m11/s1. The average molecular weight is 1220 g/mol. The Labute approximate surface area is 482 Å². The maximum Gasteiger partial charge on any atom is 0.416 e. The third-order valence-corrected chi connectivity index (χ3v) is 15.8. The fourth-order valence-corrected chi connectivity index (χ4v) is 10.7. The molecule has 0 saturated carbocycles. The fraction of sp³-hybridized carbons (Fsp3) is 0.397. The van der Waals surface area contributed by atoms with Crippen LogP contribution in [0.1, 0.15) is 102 Å². The van der Waals surface area contributed by atoms with E-state index < -0.39 is 112 Å². The van der Waals surface area contributed by atoms with E-state index in [1.54, 1.807) is 78.9 Å². The molecule has 2 aliphatic rings. The Morgan fingerprint density at radius 3 is 1.40 bits per heavy atom. The van der Waals surface area contributed by atoms with Gasteiger partial charge < -0.3 is 29.7 Å². The van der Waals surface area contributed by atoms with Crippen molar-refractivity contribution in [1.29, 1.82) is 0 Å². The van der Waals surface area contributed by atoms with Crippen LogP contribution in [-0.4, -0.2) is 90.3 Å². The molecule has 2 fully saturated rings. The van der Waals surface area contributed by atoms with Gasteiger partial charge in [-0.25, -0.2) is 24.6 Å². The molecular formula is C58H58F12N8O8. The van der Waals surface area contributed by atoms with Crippen LogP contribution in [-0.2, 0) is 67.7 Å². The van der Waals surface area contributed by atoms with Crippen molar-refractivity contribution in [2.75, 3.05) is 39.5 Å². The number of aromatic nitrogens is 6. The van der Waals surface area contributed by atoms with Crippen molar-refractivity contribution in [3.63, 3.8) is 0 Å². The Bertz CT molecular complexity index is 3450. The number of hydrogen-bond acceptors (Lipinski definition) is 11. The van der Waals surface area contributed by atoms with Gasteiger partial charge in [0.1, 0.15) is 19.3 Å². The summed E-state index contributed by atoms with van der Waals surface area (Å²) in [4.78, 5) is 40.2. The third-order valence-electron chi connectivity index (χ3n) is 15.8. The number of nitrogens with one attached hydrogen (secondary N) is 3. The summed E-state index contributed by atoms with van der Waals surface area (Å²) >= 11 is 0. The van der Waals surface area contributed by atoms with E-state index >= 15 is 0 Å². The molecule has 5 aromatic carbocycles. The number of carbonyl (C=O) groups excluding carboxylic acids is 1. The predicted molar refractivity (Wildman–Crippen MR) is 283 cm³/mol. The number of aliphatic hydroxyl groups is 2. The van der Waals surface area contributed by atoms with E-state index in [-0.39, 0.29) is 69.0 Å². The molecule has 7 aromatic rings. The zero-order chi connectivity index (χ0) is 62.5. The summed E-state index contributed by atoms with van der Waals surface area (Å²) in [6.45, 7) is 0.963. The molecule has 2 aliphatic heterocycles. The quantitative estimate of drug-likeness (QED) is 0.0576. The minimum absolute atomic E-state index is 0.0404. The van der Waals surface area contributed by atoms with Crippen molar-refractivity contribution in [1.82, 2.24) is 39.7 Å². The lowest BCUT2D eigenvalue weighted by molar-refractivity contribution is -0.145. The topological polar surface area (TPSA) is 202 Å². The zero-order valence-corrected chi connectivity index (χ0v) is 45.8. The summed E-state index contributed by atoms with van der Waals surface area (Å²) in [5.74, 6) is 0. The first kappa shape index (κ1) is 64.2. The molecule has 0 spiro atoms. The number of nitrogens with zero attached hydrogens (tertiary/aromatic N) is 5. The SMILES string of the molecule is C[C@@H](OC[C@@]1(c2ccccc2)CC[C@](CO)(n2cn[nH]c2=O)CN1)c1cc(C(F)(F)F)cc(C(F)(F)F)c1.C[C@@H](OC[C@@]1(c2ccccc2)CC[C@](CO)(n2cn[nH]c2=O)CN1C(=O)OCc1ccccc1)c1cc(C(F)(F)F)cc(C(F)(F)F)c1. The Hall–Kier alpha value is -7.79. The molecule has 9 rings (SSSR count). The van der Waals surface area contributed by atoms with Crippen LogP contribution < -0.4 is 16.7 Å². The van der Waals surface area contributed by atoms with Crippen LogP contribution >= 0.6 is 0 Å². The van der Waals surface area contributed by atoms with Crippen molar-refractivity contribution < 1.29 is 81.9 Å². The monoisotopic (exact) mass is 1220 g/mol. The first-order valence-electron chi connectivity index (χ1n) is 26.6. The molecule has 0 unspecified atom stereocenters. The average Bonchev–Trinajstić information content (AvgIpc) is 1.05. The van der Waals surface area contributed by atoms with Crippen LogP contribution in [0.5, 0.6) is 0 Å². The number of rotatable bonds is 16. The molecule has 0 bridgehead atoms. The van der Waals surface area contributed by atoms with Gasteiger partial charge in [-0.05, 0) is 104 Å². The van der Waals surface area contributed by atoms with Crippen molar-refractivity contribution in [2.24, 2.45) is 0 Å². The zero-order valence-electron chi connectivity index (χ0n) is 45.8. The van der Waals surface area contributed by atoms with Gasteiger partial charge in [-0.15, -0.1) is 0 Å². The van der Waals surface area contributed by atoms with Crippen molar-refractivity contribution in [3.05, 3.63) is 211 Å². The lowest BCUT2D eigenvalue weighted by Gasteiger charge is -2.53. The summed E-state index contributed by atoms with van der Waals surface area (Å²) in [7, 11) is 0. The molecule has 462 valence electrons. The Balaban J connectivity index is 0.000000230. The van der Waals surface area contributed by atoms with Crippen LogP contribution in [0, 0.1) is 0 Å². The molecule has 0 aliphatic carbocycles. The normalized spacial score (nSPS) is 21.9. The Kier molecular flexibility index (Phi) is 18.9. The Morgan fingerprint density at radius 1 is 0.570 bits per heavy atom. The summed E-state index contributed by atoms with van der Waals surface area (Å²) in [6, 6.07) is 29.0. The van der Waals surface area contributed by atoms with Gasteiger partial charge in [0, 0.05) is 6.54 Å². The van der Waals surface area contributed by atoms with Gasteiger partial charge >= 0.3 is 42.2 Å². The predicted octanol–water partition coefficient (Wildman–Crippen LogP) is 10.8. The van der Waals surface area contributed by atoms with Gasteiger partial charge in [0.25, 0.3) is 0 Å². The molecule has 0 radical (unpaired) electrons. The smallest absolute Gasteiger partial charge is 0.416 e. The molecule has 2 saturated heterocycles. The van der Waals surface area contributed by atoms with Crippen LogP contribution in [0.25, 0.3) is 0 Å². The summed E-state index contributed by atoms with van der Waals surface area (Å²) < 4.78 is 182. The molecule has 2 aromatic heterocycles.